The molecular weight excluding hydrogens is 324 g/mol. The third-order valence-electron chi connectivity index (χ3n) is 4.31. The molecule has 4 nitrogen and oxygen atoms in total. The lowest BCUT2D eigenvalue weighted by atomic mass is 10.1. The zero-order valence-electron chi connectivity index (χ0n) is 13.5. The fourth-order valence-corrected chi connectivity index (χ4v) is 3.05. The highest BCUT2D eigenvalue weighted by molar-refractivity contribution is 5.94. The fraction of sp³-hybridized carbons (Fsp3) is 0.263. The molecule has 1 fully saturated rings. The molecule has 1 atom stereocenters. The van der Waals surface area contributed by atoms with Gasteiger partial charge in [-0.25, -0.2) is 8.78 Å². The molecule has 1 aliphatic heterocycles. The molecule has 6 heteroatoms. The minimum Gasteiger partial charge on any atom is -0.336 e. The third-order valence-corrected chi connectivity index (χ3v) is 4.31. The van der Waals surface area contributed by atoms with Crippen molar-refractivity contribution in [1.82, 2.24) is 9.80 Å². The summed E-state index contributed by atoms with van der Waals surface area (Å²) < 4.78 is 26.6. The quantitative estimate of drug-likeness (QED) is 0.862. The summed E-state index contributed by atoms with van der Waals surface area (Å²) in [4.78, 5) is 16.0. The van der Waals surface area contributed by atoms with E-state index in [1.54, 1.807) is 4.90 Å². The summed E-state index contributed by atoms with van der Waals surface area (Å²) in [6.45, 7) is 1.86. The fourth-order valence-electron chi connectivity index (χ4n) is 3.05. The van der Waals surface area contributed by atoms with Gasteiger partial charge in [0, 0.05) is 37.8 Å². The van der Waals surface area contributed by atoms with E-state index in [2.05, 4.69) is 6.07 Å². The van der Waals surface area contributed by atoms with Crippen molar-refractivity contribution in [3.05, 3.63) is 71.3 Å². The smallest absolute Gasteiger partial charge is 0.254 e. The van der Waals surface area contributed by atoms with E-state index in [9.17, 15) is 18.8 Å². The van der Waals surface area contributed by atoms with Crippen LogP contribution >= 0.6 is 0 Å². The maximum Gasteiger partial charge on any atom is 0.254 e. The average molecular weight is 341 g/mol. The molecule has 0 aromatic heterocycles. The van der Waals surface area contributed by atoms with Gasteiger partial charge < -0.3 is 4.90 Å². The minimum absolute atomic E-state index is 0.00541. The van der Waals surface area contributed by atoms with Crippen LogP contribution in [0.25, 0.3) is 0 Å². The molecule has 0 spiro atoms. The van der Waals surface area contributed by atoms with Gasteiger partial charge in [0.25, 0.3) is 5.91 Å². The maximum atomic E-state index is 13.3. The normalized spacial score (nSPS) is 16.3. The molecule has 1 amide bonds. The summed E-state index contributed by atoms with van der Waals surface area (Å²) in [6, 6.07) is 14.2. The molecule has 2 aromatic rings. The van der Waals surface area contributed by atoms with Crippen LogP contribution < -0.4 is 0 Å². The van der Waals surface area contributed by atoms with Crippen molar-refractivity contribution in [1.29, 1.82) is 5.26 Å². The first-order valence-electron chi connectivity index (χ1n) is 8.02. The first-order chi connectivity index (χ1) is 12.1. The van der Waals surface area contributed by atoms with Gasteiger partial charge in [0.2, 0.25) is 0 Å². The number of halogens is 2. The number of carbonyl (C=O) groups is 1. The Balaban J connectivity index is 1.67. The second-order valence-electron chi connectivity index (χ2n) is 5.93. The minimum atomic E-state index is -0.768. The van der Waals surface area contributed by atoms with E-state index in [0.29, 0.717) is 26.2 Å². The Morgan fingerprint density at radius 2 is 1.60 bits per heavy atom. The van der Waals surface area contributed by atoms with Crippen molar-refractivity contribution in [2.75, 3.05) is 26.2 Å². The van der Waals surface area contributed by atoms with Crippen LogP contribution in [0.3, 0.4) is 0 Å². The van der Waals surface area contributed by atoms with Crippen molar-refractivity contribution in [2.24, 2.45) is 0 Å². The predicted octanol–water partition coefficient (Wildman–Crippen LogP) is 2.99. The summed E-state index contributed by atoms with van der Waals surface area (Å²) >= 11 is 0. The summed E-state index contributed by atoms with van der Waals surface area (Å²) in [5, 5.41) is 9.49. The highest BCUT2D eigenvalue weighted by Gasteiger charge is 2.27. The Hall–Kier alpha value is -2.78. The molecule has 0 radical (unpaired) electrons. The van der Waals surface area contributed by atoms with Gasteiger partial charge >= 0.3 is 0 Å². The van der Waals surface area contributed by atoms with Gasteiger partial charge in [-0.2, -0.15) is 5.26 Å². The standard InChI is InChI=1S/C19H17F2N3O/c20-16-10-15(11-17(21)12-16)19(25)24-8-6-23(7-9-24)18(13-22)14-4-2-1-3-5-14/h1-5,10-12,18H,6-9H2/t18-/m1/s1. The van der Waals surface area contributed by atoms with E-state index in [-0.39, 0.29) is 11.6 Å². The Morgan fingerprint density at radius 1 is 1.00 bits per heavy atom. The third kappa shape index (κ3) is 3.83. The number of nitriles is 1. The molecule has 0 saturated carbocycles. The lowest BCUT2D eigenvalue weighted by Gasteiger charge is -2.37. The SMILES string of the molecule is N#C[C@H](c1ccccc1)N1CCN(C(=O)c2cc(F)cc(F)c2)CC1. The second kappa shape index (κ2) is 7.41. The van der Waals surface area contributed by atoms with Gasteiger partial charge in [-0.15, -0.1) is 0 Å². The zero-order chi connectivity index (χ0) is 17.8. The Morgan fingerprint density at radius 3 is 2.16 bits per heavy atom. The highest BCUT2D eigenvalue weighted by Crippen LogP contribution is 2.22. The summed E-state index contributed by atoms with van der Waals surface area (Å²) in [7, 11) is 0. The molecule has 0 N–H and O–H groups in total. The van der Waals surface area contributed by atoms with Crippen molar-refractivity contribution >= 4 is 5.91 Å². The van der Waals surface area contributed by atoms with Gasteiger partial charge in [-0.05, 0) is 17.7 Å². The van der Waals surface area contributed by atoms with Crippen LogP contribution in [-0.2, 0) is 0 Å². The van der Waals surface area contributed by atoms with Crippen LogP contribution in [0.2, 0.25) is 0 Å². The monoisotopic (exact) mass is 341 g/mol. The maximum absolute atomic E-state index is 13.3. The van der Waals surface area contributed by atoms with Crippen LogP contribution in [0.15, 0.2) is 48.5 Å². The van der Waals surface area contributed by atoms with Gasteiger partial charge in [-0.3, -0.25) is 9.69 Å². The Bertz CT molecular complexity index is 776. The molecule has 1 heterocycles. The average Bonchev–Trinajstić information content (AvgIpc) is 2.62. The molecule has 0 bridgehead atoms. The van der Waals surface area contributed by atoms with Crippen LogP contribution in [0.1, 0.15) is 22.0 Å². The van der Waals surface area contributed by atoms with Crippen LogP contribution in [0.4, 0.5) is 8.78 Å². The van der Waals surface area contributed by atoms with Crippen molar-refractivity contribution < 1.29 is 13.6 Å². The van der Waals surface area contributed by atoms with Crippen molar-refractivity contribution in [2.45, 2.75) is 6.04 Å². The lowest BCUT2D eigenvalue weighted by Crippen LogP contribution is -2.49. The molecule has 1 saturated heterocycles. The van der Waals surface area contributed by atoms with E-state index < -0.39 is 17.5 Å². The van der Waals surface area contributed by atoms with Gasteiger partial charge in [-0.1, -0.05) is 30.3 Å². The summed E-state index contributed by atoms with van der Waals surface area (Å²) in [6.07, 6.45) is 0. The zero-order valence-corrected chi connectivity index (χ0v) is 13.5. The Labute approximate surface area is 144 Å². The number of benzene rings is 2. The van der Waals surface area contributed by atoms with Crippen LogP contribution in [-0.4, -0.2) is 41.9 Å². The Kier molecular flexibility index (Phi) is 5.05. The summed E-state index contributed by atoms with van der Waals surface area (Å²) in [5.41, 5.74) is 0.919. The van der Waals surface area contributed by atoms with Gasteiger partial charge in [0.15, 0.2) is 0 Å². The highest BCUT2D eigenvalue weighted by atomic mass is 19.1. The molecule has 2 aromatic carbocycles. The molecule has 3 rings (SSSR count). The first-order valence-corrected chi connectivity index (χ1v) is 8.02. The van der Waals surface area contributed by atoms with E-state index >= 15 is 0 Å². The van der Waals surface area contributed by atoms with Crippen molar-refractivity contribution in [3.8, 4) is 6.07 Å². The number of nitrogens with zero attached hydrogens (tertiary/aromatic N) is 3. The van der Waals surface area contributed by atoms with E-state index in [0.717, 1.165) is 23.8 Å². The number of amides is 1. The van der Waals surface area contributed by atoms with E-state index in [1.807, 2.05) is 35.2 Å². The number of carbonyl (C=O) groups excluding carboxylic acids is 1. The van der Waals surface area contributed by atoms with Crippen LogP contribution in [0, 0.1) is 23.0 Å². The molecule has 0 unspecified atom stereocenters. The number of rotatable bonds is 3. The molecule has 128 valence electrons. The second-order valence-corrected chi connectivity index (χ2v) is 5.93. The van der Waals surface area contributed by atoms with E-state index in [1.165, 1.54) is 0 Å². The molecule has 25 heavy (non-hydrogen) atoms. The summed E-state index contributed by atoms with van der Waals surface area (Å²) in [5.74, 6) is -1.93. The van der Waals surface area contributed by atoms with E-state index in [4.69, 9.17) is 0 Å². The number of piperazine rings is 1. The van der Waals surface area contributed by atoms with Gasteiger partial charge in [0.05, 0.1) is 6.07 Å². The number of hydrogen-bond donors (Lipinski definition) is 0. The first kappa shape index (κ1) is 17.1. The predicted molar refractivity (Wildman–Crippen MR) is 88.6 cm³/mol. The van der Waals surface area contributed by atoms with Crippen LogP contribution in [0.5, 0.6) is 0 Å². The van der Waals surface area contributed by atoms with Gasteiger partial charge in [0.1, 0.15) is 17.7 Å². The molecule has 0 aliphatic carbocycles. The largest absolute Gasteiger partial charge is 0.336 e. The molecular formula is C19H17F2N3O. The van der Waals surface area contributed by atoms with Crippen molar-refractivity contribution in [3.63, 3.8) is 0 Å². The molecule has 1 aliphatic rings. The topological polar surface area (TPSA) is 47.3 Å². The number of hydrogen-bond acceptors (Lipinski definition) is 3. The lowest BCUT2D eigenvalue weighted by molar-refractivity contribution is 0.0605.